The fourth-order valence-electron chi connectivity index (χ4n) is 1.61. The van der Waals surface area contributed by atoms with Crippen molar-refractivity contribution in [1.29, 1.82) is 0 Å². The first-order valence-corrected chi connectivity index (χ1v) is 7.17. The van der Waals surface area contributed by atoms with Crippen LogP contribution in [-0.4, -0.2) is 30.7 Å². The van der Waals surface area contributed by atoms with Crippen molar-refractivity contribution in [2.45, 2.75) is 39.2 Å². The van der Waals surface area contributed by atoms with E-state index in [-0.39, 0.29) is 0 Å². The Bertz CT molecular complexity index is 460. The molecule has 0 aliphatic heterocycles. The maximum Gasteiger partial charge on any atom is 0.138 e. The highest BCUT2D eigenvalue weighted by molar-refractivity contribution is 5.70. The number of aliphatic carboxylic acids is 1. The Kier molecular flexibility index (Phi) is 7.21. The molecule has 0 saturated heterocycles. The summed E-state index contributed by atoms with van der Waals surface area (Å²) in [6, 6.07) is 6.81. The third kappa shape index (κ3) is 6.25. The first-order chi connectivity index (χ1) is 10.1. The van der Waals surface area contributed by atoms with Crippen LogP contribution in [0.25, 0.3) is 0 Å². The molecule has 6 nitrogen and oxygen atoms in total. The lowest BCUT2D eigenvalue weighted by Gasteiger charge is -2.18. The van der Waals surface area contributed by atoms with Crippen LogP contribution in [0.15, 0.2) is 34.6 Å². The Labute approximate surface area is 125 Å². The summed E-state index contributed by atoms with van der Waals surface area (Å²) in [6.07, 6.45) is 1.61. The van der Waals surface area contributed by atoms with E-state index < -0.39 is 12.1 Å². The van der Waals surface area contributed by atoms with Gasteiger partial charge in [0, 0.05) is 13.6 Å². The van der Waals surface area contributed by atoms with Crippen LogP contribution in [0.2, 0.25) is 0 Å². The molecule has 1 aromatic carbocycles. The van der Waals surface area contributed by atoms with Gasteiger partial charge in [-0.15, -0.1) is 5.11 Å². The number of hydrogen-bond acceptors (Lipinski definition) is 5. The van der Waals surface area contributed by atoms with Crippen LogP contribution in [0.3, 0.4) is 0 Å². The molecule has 1 rings (SSSR count). The predicted octanol–water partition coefficient (Wildman–Crippen LogP) is 2.32. The number of carboxylic acids is 1. The van der Waals surface area contributed by atoms with Gasteiger partial charge >= 0.3 is 0 Å². The lowest BCUT2D eigenvalue weighted by atomic mass is 10.2. The highest BCUT2D eigenvalue weighted by Gasteiger charge is 2.08. The third-order valence-corrected chi connectivity index (χ3v) is 2.90. The van der Waals surface area contributed by atoms with Crippen LogP contribution >= 0.6 is 0 Å². The van der Waals surface area contributed by atoms with Crippen LogP contribution in [0.4, 0.5) is 5.69 Å². The fourth-order valence-corrected chi connectivity index (χ4v) is 1.61. The minimum Gasteiger partial charge on any atom is -0.546 e. The molecule has 0 N–H and O–H groups in total. The minimum absolute atomic E-state index is 0.353. The summed E-state index contributed by atoms with van der Waals surface area (Å²) >= 11 is 0. The van der Waals surface area contributed by atoms with E-state index >= 15 is 0 Å². The number of unbranched alkanes of at least 4 members (excludes halogenated alkanes) is 1. The van der Waals surface area contributed by atoms with Gasteiger partial charge in [-0.25, -0.2) is 0 Å². The van der Waals surface area contributed by atoms with Gasteiger partial charge in [-0.3, -0.25) is 5.01 Å². The Morgan fingerprint density at radius 3 is 2.52 bits per heavy atom. The maximum absolute atomic E-state index is 10.8. The Morgan fingerprint density at radius 2 is 2.00 bits per heavy atom. The molecule has 0 aliphatic carbocycles. The van der Waals surface area contributed by atoms with Gasteiger partial charge in [0.1, 0.15) is 11.9 Å². The van der Waals surface area contributed by atoms with E-state index in [2.05, 4.69) is 17.3 Å². The Hall–Kier alpha value is -2.11. The first-order valence-electron chi connectivity index (χ1n) is 7.17. The second kappa shape index (κ2) is 8.94. The molecular formula is C15H22N3O3-. The average Bonchev–Trinajstić information content (AvgIpc) is 2.49. The molecule has 0 spiro atoms. The highest BCUT2D eigenvalue weighted by atomic mass is 16.5. The van der Waals surface area contributed by atoms with Gasteiger partial charge < -0.3 is 14.6 Å². The molecule has 0 aromatic heterocycles. The zero-order valence-electron chi connectivity index (χ0n) is 12.8. The molecule has 0 bridgehead atoms. The number of carboxylic acid groups (broad SMARTS) is 1. The number of benzene rings is 1. The average molecular weight is 292 g/mol. The second-order valence-corrected chi connectivity index (χ2v) is 4.75. The smallest absolute Gasteiger partial charge is 0.138 e. The summed E-state index contributed by atoms with van der Waals surface area (Å²) in [5.41, 5.74) is 0.687. The van der Waals surface area contributed by atoms with E-state index in [1.807, 2.05) is 7.05 Å². The van der Waals surface area contributed by atoms with Gasteiger partial charge in [-0.2, -0.15) is 0 Å². The lowest BCUT2D eigenvalue weighted by Crippen LogP contribution is -2.39. The second-order valence-electron chi connectivity index (χ2n) is 4.75. The molecule has 0 saturated carbocycles. The Balaban J connectivity index is 2.57. The number of carbonyl (C=O) groups excluding carboxylic acids is 1. The molecule has 0 aliphatic rings. The molecule has 6 heteroatoms. The van der Waals surface area contributed by atoms with E-state index in [1.54, 1.807) is 36.2 Å². The minimum atomic E-state index is -1.21. The summed E-state index contributed by atoms with van der Waals surface area (Å²) < 4.78 is 5.31. The molecule has 21 heavy (non-hydrogen) atoms. The quantitative estimate of drug-likeness (QED) is 0.517. The highest BCUT2D eigenvalue weighted by Crippen LogP contribution is 2.20. The predicted molar refractivity (Wildman–Crippen MR) is 78.2 cm³/mol. The number of rotatable bonds is 9. The van der Waals surface area contributed by atoms with E-state index in [0.717, 1.165) is 19.4 Å². The van der Waals surface area contributed by atoms with Crippen molar-refractivity contribution >= 4 is 11.7 Å². The van der Waals surface area contributed by atoms with Crippen LogP contribution in [-0.2, 0) is 4.79 Å². The summed E-state index contributed by atoms with van der Waals surface area (Å²) in [7, 11) is 1.88. The molecular weight excluding hydrogens is 270 g/mol. The SMILES string of the molecule is CCCCN(C)N=Nc1ccc(OC(CC)C(=O)[O-])cc1. The number of ether oxygens (including phenoxy) is 1. The third-order valence-electron chi connectivity index (χ3n) is 2.90. The van der Waals surface area contributed by atoms with E-state index in [4.69, 9.17) is 4.74 Å². The number of hydrogen-bond donors (Lipinski definition) is 0. The van der Waals surface area contributed by atoms with Crippen molar-refractivity contribution in [3.63, 3.8) is 0 Å². The van der Waals surface area contributed by atoms with Crippen molar-refractivity contribution in [3.8, 4) is 5.75 Å². The maximum atomic E-state index is 10.8. The van der Waals surface area contributed by atoms with Gasteiger partial charge in [-0.1, -0.05) is 25.5 Å². The lowest BCUT2D eigenvalue weighted by molar-refractivity contribution is -0.313. The molecule has 0 fully saturated rings. The Morgan fingerprint density at radius 1 is 1.33 bits per heavy atom. The molecule has 0 heterocycles. The number of carbonyl (C=O) groups is 1. The topological polar surface area (TPSA) is 77.3 Å². The molecule has 1 unspecified atom stereocenters. The summed E-state index contributed by atoms with van der Waals surface area (Å²) in [5, 5.41) is 20.8. The molecule has 116 valence electrons. The van der Waals surface area contributed by atoms with Crippen LogP contribution in [0, 0.1) is 0 Å². The molecule has 1 aromatic rings. The van der Waals surface area contributed by atoms with Gasteiger partial charge in [0.25, 0.3) is 0 Å². The first kappa shape index (κ1) is 16.9. The summed E-state index contributed by atoms with van der Waals surface area (Å²) in [5.74, 6) is -0.733. The van der Waals surface area contributed by atoms with Gasteiger partial charge in [0.2, 0.25) is 0 Å². The van der Waals surface area contributed by atoms with Crippen molar-refractivity contribution < 1.29 is 14.6 Å². The van der Waals surface area contributed by atoms with Crippen molar-refractivity contribution in [2.24, 2.45) is 10.3 Å². The van der Waals surface area contributed by atoms with Crippen molar-refractivity contribution in [2.75, 3.05) is 13.6 Å². The van der Waals surface area contributed by atoms with Crippen LogP contribution in [0.1, 0.15) is 33.1 Å². The van der Waals surface area contributed by atoms with E-state index in [0.29, 0.717) is 17.9 Å². The van der Waals surface area contributed by atoms with E-state index in [1.165, 1.54) is 0 Å². The molecule has 0 amide bonds. The molecule has 0 radical (unpaired) electrons. The van der Waals surface area contributed by atoms with Crippen LogP contribution < -0.4 is 9.84 Å². The van der Waals surface area contributed by atoms with Crippen LogP contribution in [0.5, 0.6) is 5.75 Å². The summed E-state index contributed by atoms with van der Waals surface area (Å²) in [4.78, 5) is 10.8. The summed E-state index contributed by atoms with van der Waals surface area (Å²) in [6.45, 7) is 4.72. The normalized spacial score (nSPS) is 12.3. The van der Waals surface area contributed by atoms with Gasteiger partial charge in [0.15, 0.2) is 0 Å². The standard InChI is InChI=1S/C15H23N3O3/c1-4-6-11-18(3)17-16-12-7-9-13(10-8-12)21-14(5-2)15(19)20/h7-10,14H,4-6,11H2,1-3H3,(H,19,20)/p-1. The molecule has 1 atom stereocenters. The number of nitrogens with zero attached hydrogens (tertiary/aromatic N) is 3. The monoisotopic (exact) mass is 292 g/mol. The van der Waals surface area contributed by atoms with E-state index in [9.17, 15) is 9.90 Å². The van der Waals surface area contributed by atoms with Gasteiger partial charge in [-0.05, 0) is 37.1 Å². The van der Waals surface area contributed by atoms with Gasteiger partial charge in [0.05, 0.1) is 11.7 Å². The fraction of sp³-hybridized carbons (Fsp3) is 0.533. The van der Waals surface area contributed by atoms with Crippen molar-refractivity contribution in [1.82, 2.24) is 5.01 Å². The zero-order chi connectivity index (χ0) is 15.7. The zero-order valence-corrected chi connectivity index (χ0v) is 12.8. The van der Waals surface area contributed by atoms with Crippen molar-refractivity contribution in [3.05, 3.63) is 24.3 Å². The largest absolute Gasteiger partial charge is 0.546 e.